The number of hydrogen-bond donors (Lipinski definition) is 1. The second-order valence-electron chi connectivity index (χ2n) is 5.36. The van der Waals surface area contributed by atoms with Crippen molar-refractivity contribution in [1.29, 1.82) is 0 Å². The maximum atomic E-state index is 12.0. The molecule has 0 radical (unpaired) electrons. The Labute approximate surface area is 121 Å². The molecule has 0 saturated heterocycles. The Bertz CT molecular complexity index is 503. The largest absolute Gasteiger partial charge is 0.507 e. The minimum Gasteiger partial charge on any atom is -0.507 e. The van der Waals surface area contributed by atoms with E-state index in [1.165, 1.54) is 6.92 Å². The van der Waals surface area contributed by atoms with E-state index >= 15 is 0 Å². The van der Waals surface area contributed by atoms with Gasteiger partial charge in [-0.2, -0.15) is 0 Å². The van der Waals surface area contributed by atoms with Gasteiger partial charge in [0.05, 0.1) is 5.92 Å². The van der Waals surface area contributed by atoms with Crippen molar-refractivity contribution < 1.29 is 14.7 Å². The topological polar surface area (TPSA) is 54.4 Å². The van der Waals surface area contributed by atoms with Crippen LogP contribution >= 0.6 is 0 Å². The number of aryl methyl sites for hydroxylation is 2. The van der Waals surface area contributed by atoms with Crippen LogP contribution in [0.2, 0.25) is 0 Å². The second-order valence-corrected chi connectivity index (χ2v) is 5.36. The third-order valence-electron chi connectivity index (χ3n) is 3.64. The van der Waals surface area contributed by atoms with Crippen molar-refractivity contribution in [2.75, 3.05) is 0 Å². The van der Waals surface area contributed by atoms with E-state index < -0.39 is 5.92 Å². The van der Waals surface area contributed by atoms with Crippen molar-refractivity contribution in [2.45, 2.75) is 53.4 Å². The zero-order valence-corrected chi connectivity index (χ0v) is 12.8. The van der Waals surface area contributed by atoms with E-state index in [1.54, 1.807) is 0 Å². The van der Waals surface area contributed by atoms with Crippen LogP contribution in [0.5, 0.6) is 5.75 Å². The van der Waals surface area contributed by atoms with Crippen LogP contribution in [0.25, 0.3) is 0 Å². The number of rotatable bonds is 7. The zero-order chi connectivity index (χ0) is 15.3. The number of carbonyl (C=O) groups excluding carboxylic acids is 2. The Kier molecular flexibility index (Phi) is 5.93. The van der Waals surface area contributed by atoms with E-state index in [4.69, 9.17) is 0 Å². The highest BCUT2D eigenvalue weighted by atomic mass is 16.3. The van der Waals surface area contributed by atoms with E-state index in [2.05, 4.69) is 0 Å². The number of carbonyl (C=O) groups is 2. The third kappa shape index (κ3) is 3.92. The summed E-state index contributed by atoms with van der Waals surface area (Å²) in [6.45, 7) is 7.23. The van der Waals surface area contributed by atoms with Gasteiger partial charge < -0.3 is 5.11 Å². The average molecular weight is 276 g/mol. The minimum absolute atomic E-state index is 0.0174. The van der Waals surface area contributed by atoms with Crippen molar-refractivity contribution in [3.8, 4) is 5.75 Å². The molecule has 1 rings (SSSR count). The summed E-state index contributed by atoms with van der Waals surface area (Å²) in [6, 6.07) is 3.77. The van der Waals surface area contributed by atoms with Gasteiger partial charge in [0, 0.05) is 6.42 Å². The van der Waals surface area contributed by atoms with Crippen molar-refractivity contribution >= 4 is 11.6 Å². The van der Waals surface area contributed by atoms with E-state index in [-0.39, 0.29) is 11.6 Å². The summed E-state index contributed by atoms with van der Waals surface area (Å²) in [5.41, 5.74) is 2.61. The first-order chi connectivity index (χ1) is 9.40. The normalized spacial score (nSPS) is 12.2. The molecule has 0 amide bonds. The van der Waals surface area contributed by atoms with Gasteiger partial charge in [0.2, 0.25) is 0 Å². The Hall–Kier alpha value is -1.64. The first-order valence-electron chi connectivity index (χ1n) is 7.25. The van der Waals surface area contributed by atoms with E-state index in [1.807, 2.05) is 32.9 Å². The molecule has 20 heavy (non-hydrogen) atoms. The van der Waals surface area contributed by atoms with Crippen LogP contribution in [0.15, 0.2) is 12.1 Å². The number of Topliss-reactive ketones (excluding diaryl/α,β-unsaturated/α-hetero) is 2. The Morgan fingerprint density at radius 1 is 1.25 bits per heavy atom. The van der Waals surface area contributed by atoms with Gasteiger partial charge in [0.1, 0.15) is 17.3 Å². The molecule has 110 valence electrons. The fourth-order valence-corrected chi connectivity index (χ4v) is 2.46. The lowest BCUT2D eigenvalue weighted by Gasteiger charge is -2.15. The number of hydrogen-bond acceptors (Lipinski definition) is 3. The molecular weight excluding hydrogens is 252 g/mol. The standard InChI is InChI=1S/C17H24O3/c1-5-7-16(19)15(12(4)18)10-13-8-11(3)17(20)14(6-2)9-13/h8-9,15,20H,5-7,10H2,1-4H3. The molecule has 3 heteroatoms. The minimum atomic E-state index is -0.552. The van der Waals surface area contributed by atoms with Gasteiger partial charge in [-0.15, -0.1) is 0 Å². The first-order valence-corrected chi connectivity index (χ1v) is 7.25. The number of aromatic hydroxyl groups is 1. The maximum Gasteiger partial charge on any atom is 0.143 e. The SMILES string of the molecule is CCCC(=O)C(Cc1cc(C)c(O)c(CC)c1)C(C)=O. The summed E-state index contributed by atoms with van der Waals surface area (Å²) >= 11 is 0. The van der Waals surface area contributed by atoms with Crippen LogP contribution in [-0.4, -0.2) is 16.7 Å². The summed E-state index contributed by atoms with van der Waals surface area (Å²) < 4.78 is 0. The van der Waals surface area contributed by atoms with Crippen molar-refractivity contribution in [3.05, 3.63) is 28.8 Å². The number of benzene rings is 1. The number of ketones is 2. The Morgan fingerprint density at radius 3 is 2.40 bits per heavy atom. The van der Waals surface area contributed by atoms with Gasteiger partial charge in [-0.3, -0.25) is 9.59 Å². The van der Waals surface area contributed by atoms with Crippen LogP contribution in [-0.2, 0) is 22.4 Å². The molecule has 0 saturated carbocycles. The van der Waals surface area contributed by atoms with Gasteiger partial charge >= 0.3 is 0 Å². The molecule has 0 heterocycles. The molecule has 1 aromatic carbocycles. The van der Waals surface area contributed by atoms with Gasteiger partial charge in [-0.25, -0.2) is 0 Å². The fraction of sp³-hybridized carbons (Fsp3) is 0.529. The third-order valence-corrected chi connectivity index (χ3v) is 3.64. The molecule has 0 aromatic heterocycles. The smallest absolute Gasteiger partial charge is 0.143 e. The molecule has 3 nitrogen and oxygen atoms in total. The molecule has 0 aliphatic heterocycles. The summed E-state index contributed by atoms with van der Waals surface area (Å²) in [5.74, 6) is -0.296. The molecule has 1 atom stereocenters. The molecule has 0 spiro atoms. The summed E-state index contributed by atoms with van der Waals surface area (Å²) in [7, 11) is 0. The van der Waals surface area contributed by atoms with Crippen molar-refractivity contribution in [2.24, 2.45) is 5.92 Å². The lowest BCUT2D eigenvalue weighted by atomic mass is 9.88. The molecule has 1 aromatic rings. The number of phenolic OH excluding ortho intramolecular Hbond substituents is 1. The highest BCUT2D eigenvalue weighted by Crippen LogP contribution is 2.26. The van der Waals surface area contributed by atoms with Crippen LogP contribution in [0, 0.1) is 12.8 Å². The Morgan fingerprint density at radius 2 is 1.90 bits per heavy atom. The highest BCUT2D eigenvalue weighted by Gasteiger charge is 2.23. The monoisotopic (exact) mass is 276 g/mol. The van der Waals surface area contributed by atoms with Gasteiger partial charge in [-0.05, 0) is 49.8 Å². The summed E-state index contributed by atoms with van der Waals surface area (Å²) in [4.78, 5) is 23.7. The molecule has 0 aliphatic rings. The van der Waals surface area contributed by atoms with Crippen LogP contribution < -0.4 is 0 Å². The summed E-state index contributed by atoms with van der Waals surface area (Å²) in [6.07, 6.45) is 2.37. The molecule has 0 bridgehead atoms. The fourth-order valence-electron chi connectivity index (χ4n) is 2.46. The molecule has 1 unspecified atom stereocenters. The average Bonchev–Trinajstić information content (AvgIpc) is 2.39. The van der Waals surface area contributed by atoms with Crippen LogP contribution in [0.3, 0.4) is 0 Å². The zero-order valence-electron chi connectivity index (χ0n) is 12.8. The van der Waals surface area contributed by atoms with E-state index in [0.717, 1.165) is 29.5 Å². The van der Waals surface area contributed by atoms with Gasteiger partial charge in [0.15, 0.2) is 0 Å². The molecule has 0 aliphatic carbocycles. The lowest BCUT2D eigenvalue weighted by molar-refractivity contribution is -0.131. The Balaban J connectivity index is 3.03. The number of phenols is 1. The van der Waals surface area contributed by atoms with Gasteiger partial charge in [0.25, 0.3) is 0 Å². The van der Waals surface area contributed by atoms with Crippen molar-refractivity contribution in [1.82, 2.24) is 0 Å². The predicted molar refractivity (Wildman–Crippen MR) is 80.0 cm³/mol. The second kappa shape index (κ2) is 7.22. The highest BCUT2D eigenvalue weighted by molar-refractivity contribution is 6.01. The summed E-state index contributed by atoms with van der Waals surface area (Å²) in [5, 5.41) is 9.92. The maximum absolute atomic E-state index is 12.0. The quantitative estimate of drug-likeness (QED) is 0.777. The van der Waals surface area contributed by atoms with E-state index in [9.17, 15) is 14.7 Å². The first kappa shape index (κ1) is 16.4. The predicted octanol–water partition coefficient (Wildman–Crippen LogP) is 3.38. The molecule has 0 fully saturated rings. The van der Waals surface area contributed by atoms with Gasteiger partial charge in [-0.1, -0.05) is 26.0 Å². The van der Waals surface area contributed by atoms with E-state index in [0.29, 0.717) is 18.6 Å². The van der Waals surface area contributed by atoms with Crippen molar-refractivity contribution in [3.63, 3.8) is 0 Å². The lowest BCUT2D eigenvalue weighted by Crippen LogP contribution is -2.24. The molecule has 1 N–H and O–H groups in total. The molecular formula is C17H24O3. The van der Waals surface area contributed by atoms with Crippen LogP contribution in [0.1, 0.15) is 50.3 Å². The van der Waals surface area contributed by atoms with Crippen LogP contribution in [0.4, 0.5) is 0 Å².